The van der Waals surface area contributed by atoms with E-state index in [1.54, 1.807) is 42.6 Å². The van der Waals surface area contributed by atoms with Gasteiger partial charge in [-0.3, -0.25) is 14.9 Å². The maximum Gasteiger partial charge on any atom is 0.264 e. The van der Waals surface area contributed by atoms with Crippen molar-refractivity contribution in [3.8, 4) is 11.5 Å². The van der Waals surface area contributed by atoms with Crippen molar-refractivity contribution < 1.29 is 23.5 Å². The van der Waals surface area contributed by atoms with Crippen LogP contribution in [0.1, 0.15) is 27.7 Å². The van der Waals surface area contributed by atoms with Gasteiger partial charge in [0.15, 0.2) is 23.2 Å². The van der Waals surface area contributed by atoms with Crippen molar-refractivity contribution in [1.82, 2.24) is 4.98 Å². The van der Waals surface area contributed by atoms with Crippen LogP contribution in [0, 0.1) is 5.82 Å². The molecule has 1 heterocycles. The van der Waals surface area contributed by atoms with Crippen LogP contribution < -0.4 is 14.8 Å². The molecule has 0 saturated carbocycles. The number of carbonyl (C=O) groups is 2. The average molecular weight is 414 g/mol. The zero-order valence-electron chi connectivity index (χ0n) is 15.7. The van der Waals surface area contributed by atoms with Crippen LogP contribution in [0.15, 0.2) is 48.7 Å². The summed E-state index contributed by atoms with van der Waals surface area (Å²) in [5, 5.41) is 3.07. The normalized spacial score (nSPS) is 10.4. The Morgan fingerprint density at radius 1 is 1.21 bits per heavy atom. The number of hydrogen-bond donors (Lipinski definition) is 1. The molecule has 29 heavy (non-hydrogen) atoms. The fourth-order valence-electron chi connectivity index (χ4n) is 2.56. The number of rotatable bonds is 9. The molecule has 0 unspecified atom stereocenters. The lowest BCUT2D eigenvalue weighted by atomic mass is 10.1. The lowest BCUT2D eigenvalue weighted by Crippen LogP contribution is -2.20. The van der Waals surface area contributed by atoms with Crippen LogP contribution in [0.3, 0.4) is 0 Å². The Labute approximate surface area is 171 Å². The molecule has 3 rings (SSSR count). The number of amides is 1. The van der Waals surface area contributed by atoms with Crippen molar-refractivity contribution >= 4 is 28.7 Å². The quantitative estimate of drug-likeness (QED) is 0.534. The lowest BCUT2D eigenvalue weighted by Gasteiger charge is -2.11. The molecular weight excluding hydrogens is 395 g/mol. The summed E-state index contributed by atoms with van der Waals surface area (Å²) in [6.45, 7) is 1.96. The third kappa shape index (κ3) is 5.61. The Kier molecular flexibility index (Phi) is 6.91. The summed E-state index contributed by atoms with van der Waals surface area (Å²) in [5.74, 6) is 0.0996. The van der Waals surface area contributed by atoms with Gasteiger partial charge in [0.05, 0.1) is 6.61 Å². The fourth-order valence-corrected chi connectivity index (χ4v) is 3.41. The van der Waals surface area contributed by atoms with Crippen molar-refractivity contribution in [2.45, 2.75) is 13.3 Å². The Balaban J connectivity index is 1.57. The number of aromatic nitrogens is 1. The van der Waals surface area contributed by atoms with Gasteiger partial charge in [-0.05, 0) is 36.8 Å². The second kappa shape index (κ2) is 9.79. The largest absolute Gasteiger partial charge is 0.490 e. The number of carbonyl (C=O) groups excluding carboxylic acids is 2. The van der Waals surface area contributed by atoms with Gasteiger partial charge >= 0.3 is 0 Å². The van der Waals surface area contributed by atoms with Crippen molar-refractivity contribution in [3.63, 3.8) is 0 Å². The minimum atomic E-state index is -0.390. The van der Waals surface area contributed by atoms with Crippen molar-refractivity contribution in [3.05, 3.63) is 70.5 Å². The van der Waals surface area contributed by atoms with Crippen LogP contribution in [-0.2, 0) is 11.2 Å². The van der Waals surface area contributed by atoms with E-state index in [1.807, 2.05) is 6.92 Å². The van der Waals surface area contributed by atoms with Crippen molar-refractivity contribution in [1.29, 1.82) is 0 Å². The molecule has 6 nitrogen and oxygen atoms in total. The van der Waals surface area contributed by atoms with E-state index in [9.17, 15) is 14.0 Å². The van der Waals surface area contributed by atoms with Gasteiger partial charge in [-0.2, -0.15) is 0 Å². The van der Waals surface area contributed by atoms with Gasteiger partial charge in [0.1, 0.15) is 12.1 Å². The topological polar surface area (TPSA) is 77.5 Å². The van der Waals surface area contributed by atoms with E-state index in [0.29, 0.717) is 47.1 Å². The van der Waals surface area contributed by atoms with Crippen molar-refractivity contribution in [2.75, 3.05) is 18.5 Å². The van der Waals surface area contributed by atoms with E-state index in [0.717, 1.165) is 4.88 Å². The van der Waals surface area contributed by atoms with Crippen molar-refractivity contribution in [2.24, 2.45) is 0 Å². The SMILES string of the molecule is CCOc1cc(C=O)ccc1OCC(=O)Nc1ncc(Cc2ccccc2F)s1. The third-order valence-electron chi connectivity index (χ3n) is 3.88. The van der Waals surface area contributed by atoms with E-state index in [-0.39, 0.29) is 12.4 Å². The smallest absolute Gasteiger partial charge is 0.264 e. The number of nitrogens with one attached hydrogen (secondary N) is 1. The zero-order valence-corrected chi connectivity index (χ0v) is 16.5. The number of anilines is 1. The first-order valence-electron chi connectivity index (χ1n) is 8.91. The Morgan fingerprint density at radius 2 is 2.03 bits per heavy atom. The minimum Gasteiger partial charge on any atom is -0.490 e. The standard InChI is InChI=1S/C21H19FN2O4S/c1-2-27-19-9-14(12-25)7-8-18(19)28-13-20(26)24-21-23-11-16(29-21)10-15-5-3-4-6-17(15)22/h3-9,11-12H,2,10,13H2,1H3,(H,23,24,26). The van der Waals surface area contributed by atoms with Crippen LogP contribution in [-0.4, -0.2) is 30.4 Å². The van der Waals surface area contributed by atoms with E-state index in [1.165, 1.54) is 17.4 Å². The van der Waals surface area contributed by atoms with E-state index >= 15 is 0 Å². The minimum absolute atomic E-state index is 0.247. The molecule has 0 fully saturated rings. The number of halogens is 1. The molecule has 0 bridgehead atoms. The summed E-state index contributed by atoms with van der Waals surface area (Å²) in [6, 6.07) is 11.3. The number of ether oxygens (including phenoxy) is 2. The molecule has 0 aliphatic heterocycles. The summed E-state index contributed by atoms with van der Waals surface area (Å²) in [5.41, 5.74) is 1.02. The molecule has 8 heteroatoms. The van der Waals surface area contributed by atoms with E-state index < -0.39 is 5.91 Å². The van der Waals surface area contributed by atoms with Gasteiger partial charge in [0, 0.05) is 23.1 Å². The van der Waals surface area contributed by atoms with Crippen LogP contribution in [0.4, 0.5) is 9.52 Å². The molecule has 0 aliphatic rings. The highest BCUT2D eigenvalue weighted by atomic mass is 32.1. The predicted octanol–water partition coefficient (Wildman–Crippen LogP) is 4.10. The first-order valence-corrected chi connectivity index (χ1v) is 9.73. The molecule has 1 N–H and O–H groups in total. The zero-order chi connectivity index (χ0) is 20.6. The summed E-state index contributed by atoms with van der Waals surface area (Å²) in [4.78, 5) is 28.0. The first-order chi connectivity index (χ1) is 14.1. The Bertz CT molecular complexity index is 1010. The first kappa shape index (κ1) is 20.5. The Morgan fingerprint density at radius 3 is 2.79 bits per heavy atom. The van der Waals surface area contributed by atoms with Gasteiger partial charge in [-0.15, -0.1) is 11.3 Å². The van der Waals surface area contributed by atoms with Crippen LogP contribution >= 0.6 is 11.3 Å². The molecular formula is C21H19FN2O4S. The van der Waals surface area contributed by atoms with Gasteiger partial charge in [-0.25, -0.2) is 9.37 Å². The van der Waals surface area contributed by atoms with Gasteiger partial charge < -0.3 is 9.47 Å². The number of aldehydes is 1. The summed E-state index contributed by atoms with van der Waals surface area (Å²) in [6.07, 6.45) is 2.72. The molecule has 1 amide bonds. The third-order valence-corrected chi connectivity index (χ3v) is 4.80. The average Bonchev–Trinajstić information content (AvgIpc) is 3.15. The number of benzene rings is 2. The van der Waals surface area contributed by atoms with E-state index in [2.05, 4.69) is 10.3 Å². The predicted molar refractivity (Wildman–Crippen MR) is 108 cm³/mol. The molecule has 3 aromatic rings. The lowest BCUT2D eigenvalue weighted by molar-refractivity contribution is -0.118. The molecule has 150 valence electrons. The highest BCUT2D eigenvalue weighted by Gasteiger charge is 2.12. The summed E-state index contributed by atoms with van der Waals surface area (Å²) in [7, 11) is 0. The van der Waals surface area contributed by atoms with Gasteiger partial charge in [-0.1, -0.05) is 18.2 Å². The Hall–Kier alpha value is -3.26. The molecule has 1 aromatic heterocycles. The second-order valence-corrected chi connectivity index (χ2v) is 7.11. The van der Waals surface area contributed by atoms with Gasteiger partial charge in [0.25, 0.3) is 5.91 Å². The number of nitrogens with zero attached hydrogens (tertiary/aromatic N) is 1. The maximum atomic E-state index is 13.8. The number of hydrogen-bond acceptors (Lipinski definition) is 6. The molecule has 2 aromatic carbocycles. The molecule has 0 aliphatic carbocycles. The van der Waals surface area contributed by atoms with Crippen LogP contribution in [0.2, 0.25) is 0 Å². The number of thiazole rings is 1. The maximum absolute atomic E-state index is 13.8. The highest BCUT2D eigenvalue weighted by molar-refractivity contribution is 7.15. The van der Waals surface area contributed by atoms with Crippen LogP contribution in [0.25, 0.3) is 0 Å². The highest BCUT2D eigenvalue weighted by Crippen LogP contribution is 2.28. The molecule has 0 radical (unpaired) electrons. The fraction of sp³-hybridized carbons (Fsp3) is 0.190. The van der Waals surface area contributed by atoms with Gasteiger partial charge in [0.2, 0.25) is 0 Å². The molecule has 0 spiro atoms. The summed E-state index contributed by atoms with van der Waals surface area (Å²) < 4.78 is 24.7. The monoisotopic (exact) mass is 414 g/mol. The summed E-state index contributed by atoms with van der Waals surface area (Å²) >= 11 is 1.27. The second-order valence-electron chi connectivity index (χ2n) is 5.99. The molecule has 0 atom stereocenters. The van der Waals surface area contributed by atoms with Crippen LogP contribution in [0.5, 0.6) is 11.5 Å². The van der Waals surface area contributed by atoms with E-state index in [4.69, 9.17) is 9.47 Å². The molecule has 0 saturated heterocycles.